The first-order valence-electron chi connectivity index (χ1n) is 5.60. The Morgan fingerprint density at radius 3 is 1.22 bits per heavy atom. The Balaban J connectivity index is 0. The number of halogens is 3. The van der Waals surface area contributed by atoms with Gasteiger partial charge in [-0.2, -0.15) is 21.6 Å². The van der Waals surface area contributed by atoms with Gasteiger partial charge in [-0.15, -0.1) is 0 Å². The van der Waals surface area contributed by atoms with Crippen LogP contribution in [0.4, 0.5) is 13.2 Å². The fourth-order valence-corrected chi connectivity index (χ4v) is 0.996. The zero-order valence-electron chi connectivity index (χ0n) is 10.1. The lowest BCUT2D eigenvalue weighted by atomic mass is 10.1. The van der Waals surface area contributed by atoms with E-state index in [1.807, 2.05) is 0 Å². The minimum atomic E-state index is -5.84. The van der Waals surface area contributed by atoms with Gasteiger partial charge in [0.2, 0.25) is 0 Å². The van der Waals surface area contributed by atoms with Crippen molar-refractivity contribution in [2.24, 2.45) is 11.5 Å². The average molecular weight is 294 g/mol. The van der Waals surface area contributed by atoms with E-state index < -0.39 is 15.6 Å². The lowest BCUT2D eigenvalue weighted by molar-refractivity contribution is -0.0510. The molecule has 0 aromatic heterocycles. The topological polar surface area (TPSA) is 106 Å². The van der Waals surface area contributed by atoms with Gasteiger partial charge in [0.1, 0.15) is 0 Å². The van der Waals surface area contributed by atoms with E-state index in [1.54, 1.807) is 0 Å². The summed E-state index contributed by atoms with van der Waals surface area (Å²) in [7, 11) is -5.84. The smallest absolute Gasteiger partial charge is 0.330 e. The molecule has 0 heterocycles. The normalized spacial score (nSPS) is 11.9. The molecule has 0 atom stereocenters. The van der Waals surface area contributed by atoms with Crippen LogP contribution >= 0.6 is 0 Å². The maximum Gasteiger partial charge on any atom is 0.522 e. The van der Waals surface area contributed by atoms with Crippen molar-refractivity contribution in [2.45, 2.75) is 44.0 Å². The Bertz CT molecular complexity index is 273. The molecule has 0 rings (SSSR count). The molecular weight excluding hydrogens is 273 g/mol. The Labute approximate surface area is 105 Å². The molecule has 0 aromatic carbocycles. The molecular formula is C9H21F3N2O3S. The van der Waals surface area contributed by atoms with Crippen LogP contribution in [0.1, 0.15) is 38.5 Å². The lowest BCUT2D eigenvalue weighted by Crippen LogP contribution is -2.21. The van der Waals surface area contributed by atoms with Crippen LogP contribution in [0, 0.1) is 0 Å². The largest absolute Gasteiger partial charge is 0.522 e. The number of hydrogen-bond acceptors (Lipinski definition) is 4. The summed E-state index contributed by atoms with van der Waals surface area (Å²) in [5, 5.41) is 0. The van der Waals surface area contributed by atoms with Gasteiger partial charge in [0.25, 0.3) is 0 Å². The van der Waals surface area contributed by atoms with Gasteiger partial charge in [-0.25, -0.2) is 0 Å². The number of nitrogens with two attached hydrogens (primary N) is 2. The predicted octanol–water partition coefficient (Wildman–Crippen LogP) is 1.64. The van der Waals surface area contributed by atoms with Gasteiger partial charge >= 0.3 is 15.6 Å². The van der Waals surface area contributed by atoms with E-state index >= 15 is 0 Å². The van der Waals surface area contributed by atoms with Crippen molar-refractivity contribution in [3.8, 4) is 0 Å². The highest BCUT2D eigenvalue weighted by molar-refractivity contribution is 7.86. The molecule has 0 aliphatic carbocycles. The van der Waals surface area contributed by atoms with Crippen LogP contribution in [0.2, 0.25) is 0 Å². The molecule has 112 valence electrons. The molecule has 0 spiro atoms. The molecule has 18 heavy (non-hydrogen) atoms. The van der Waals surface area contributed by atoms with E-state index in [-0.39, 0.29) is 0 Å². The van der Waals surface area contributed by atoms with Crippen molar-refractivity contribution in [2.75, 3.05) is 13.1 Å². The van der Waals surface area contributed by atoms with Crippen molar-refractivity contribution in [3.05, 3.63) is 0 Å². The van der Waals surface area contributed by atoms with E-state index in [2.05, 4.69) is 0 Å². The van der Waals surface area contributed by atoms with Crippen LogP contribution in [0.15, 0.2) is 0 Å². The van der Waals surface area contributed by atoms with Crippen LogP contribution in [-0.4, -0.2) is 31.6 Å². The third kappa shape index (κ3) is 13.7. The minimum Gasteiger partial charge on any atom is -0.330 e. The number of hydrogen-bond donors (Lipinski definition) is 3. The predicted molar refractivity (Wildman–Crippen MR) is 63.4 cm³/mol. The fraction of sp³-hybridized carbons (Fsp3) is 1.00. The highest BCUT2D eigenvalue weighted by atomic mass is 32.2. The van der Waals surface area contributed by atoms with E-state index in [9.17, 15) is 13.2 Å². The van der Waals surface area contributed by atoms with Crippen LogP contribution in [-0.2, 0) is 10.1 Å². The van der Waals surface area contributed by atoms with Crippen molar-refractivity contribution in [3.63, 3.8) is 0 Å². The molecule has 0 aromatic rings. The Morgan fingerprint density at radius 2 is 1.06 bits per heavy atom. The second-order valence-electron chi connectivity index (χ2n) is 3.62. The van der Waals surface area contributed by atoms with Crippen molar-refractivity contribution in [1.82, 2.24) is 0 Å². The Morgan fingerprint density at radius 1 is 0.833 bits per heavy atom. The molecule has 0 bridgehead atoms. The summed E-state index contributed by atoms with van der Waals surface area (Å²) < 4.78 is 57.5. The molecule has 0 saturated heterocycles. The van der Waals surface area contributed by atoms with Crippen LogP contribution < -0.4 is 11.5 Å². The zero-order valence-corrected chi connectivity index (χ0v) is 10.9. The SMILES string of the molecule is NCCCCCCCCN.O=S(=O)(O)C(F)(F)F. The summed E-state index contributed by atoms with van der Waals surface area (Å²) in [4.78, 5) is 0. The maximum atomic E-state index is 10.7. The monoisotopic (exact) mass is 294 g/mol. The van der Waals surface area contributed by atoms with Crippen LogP contribution in [0.5, 0.6) is 0 Å². The first-order chi connectivity index (χ1) is 8.16. The third-order valence-electron chi connectivity index (χ3n) is 1.95. The molecule has 5 N–H and O–H groups in total. The molecule has 0 amide bonds. The zero-order chi connectivity index (χ0) is 14.7. The minimum absolute atomic E-state index is 0.844. The summed E-state index contributed by atoms with van der Waals surface area (Å²) in [5.74, 6) is 0. The summed E-state index contributed by atoms with van der Waals surface area (Å²) in [6.07, 6.45) is 7.61. The molecule has 9 heteroatoms. The second-order valence-corrected chi connectivity index (χ2v) is 5.03. The lowest BCUT2D eigenvalue weighted by Gasteiger charge is -1.97. The number of alkyl halides is 3. The number of unbranched alkanes of at least 4 members (excludes halogenated alkanes) is 5. The highest BCUT2D eigenvalue weighted by Crippen LogP contribution is 2.20. The van der Waals surface area contributed by atoms with Crippen molar-refractivity contribution in [1.29, 1.82) is 0 Å². The average Bonchev–Trinajstić information content (AvgIpc) is 2.21. The van der Waals surface area contributed by atoms with Gasteiger partial charge in [0.15, 0.2) is 0 Å². The fourth-order valence-electron chi connectivity index (χ4n) is 0.996. The van der Waals surface area contributed by atoms with Crippen LogP contribution in [0.25, 0.3) is 0 Å². The molecule has 0 saturated carbocycles. The highest BCUT2D eigenvalue weighted by Gasteiger charge is 2.44. The summed E-state index contributed by atoms with van der Waals surface area (Å²) in [6.45, 7) is 1.69. The molecule has 0 unspecified atom stereocenters. The molecule has 0 radical (unpaired) electrons. The summed E-state index contributed by atoms with van der Waals surface area (Å²) in [5.41, 5.74) is 5.16. The number of rotatable bonds is 7. The first-order valence-corrected chi connectivity index (χ1v) is 7.04. The van der Waals surface area contributed by atoms with Crippen molar-refractivity contribution >= 4 is 10.1 Å². The van der Waals surface area contributed by atoms with Gasteiger partial charge in [-0.1, -0.05) is 25.7 Å². The quantitative estimate of drug-likeness (QED) is 0.376. The van der Waals surface area contributed by atoms with E-state index in [1.165, 1.54) is 38.5 Å². The Kier molecular flexibility index (Phi) is 11.7. The third-order valence-corrected chi connectivity index (χ3v) is 2.54. The van der Waals surface area contributed by atoms with E-state index in [4.69, 9.17) is 24.4 Å². The van der Waals surface area contributed by atoms with Gasteiger partial charge in [0, 0.05) is 0 Å². The summed E-state index contributed by atoms with van der Waals surface area (Å²) in [6, 6.07) is 0. The first kappa shape index (κ1) is 19.9. The Hall–Kier alpha value is -0.380. The van der Waals surface area contributed by atoms with E-state index in [0.29, 0.717) is 0 Å². The molecule has 0 fully saturated rings. The molecule has 5 nitrogen and oxygen atoms in total. The second kappa shape index (κ2) is 10.5. The van der Waals surface area contributed by atoms with Crippen molar-refractivity contribution < 1.29 is 26.1 Å². The van der Waals surface area contributed by atoms with Gasteiger partial charge in [-0.3, -0.25) is 4.55 Å². The van der Waals surface area contributed by atoms with Gasteiger partial charge in [-0.05, 0) is 25.9 Å². The van der Waals surface area contributed by atoms with E-state index in [0.717, 1.165) is 13.1 Å². The van der Waals surface area contributed by atoms with Gasteiger partial charge < -0.3 is 11.5 Å². The summed E-state index contributed by atoms with van der Waals surface area (Å²) >= 11 is 0. The van der Waals surface area contributed by atoms with Gasteiger partial charge in [0.05, 0.1) is 0 Å². The van der Waals surface area contributed by atoms with Crippen LogP contribution in [0.3, 0.4) is 0 Å². The molecule has 0 aliphatic heterocycles. The maximum absolute atomic E-state index is 10.7. The molecule has 0 aliphatic rings. The standard InChI is InChI=1S/C8H20N2.CHF3O3S/c9-7-5-3-1-2-4-6-8-10;2-1(3,4)8(5,6)7/h1-10H2;(H,5,6,7).